The topological polar surface area (TPSA) is 57.6 Å². The minimum absolute atomic E-state index is 0.00234. The zero-order valence-electron chi connectivity index (χ0n) is 8.66. The minimum atomic E-state index is -1.01. The van der Waals surface area contributed by atoms with Gasteiger partial charge in [-0.15, -0.1) is 0 Å². The summed E-state index contributed by atoms with van der Waals surface area (Å²) < 4.78 is 0. The van der Waals surface area contributed by atoms with Crippen LogP contribution >= 0.6 is 11.6 Å². The molecule has 1 aliphatic heterocycles. The molecule has 1 aromatic rings. The Kier molecular flexibility index (Phi) is 2.59. The number of hydrogen-bond donors (Lipinski definition) is 1. The lowest BCUT2D eigenvalue weighted by Gasteiger charge is -2.27. The van der Waals surface area contributed by atoms with Gasteiger partial charge in [-0.25, -0.2) is 4.79 Å². The van der Waals surface area contributed by atoms with Crippen LogP contribution in [0.2, 0.25) is 5.02 Å². The van der Waals surface area contributed by atoms with Crippen LogP contribution in [0.1, 0.15) is 22.3 Å². The summed E-state index contributed by atoms with van der Waals surface area (Å²) >= 11 is 5.99. The molecule has 0 bridgehead atoms. The smallest absolute Gasteiger partial charge is 0.335 e. The summed E-state index contributed by atoms with van der Waals surface area (Å²) in [5.74, 6) is -1.01. The zero-order chi connectivity index (χ0) is 11.9. The van der Waals surface area contributed by atoms with Crippen LogP contribution in [0, 0.1) is 0 Å². The quantitative estimate of drug-likeness (QED) is 0.815. The molecule has 0 radical (unpaired) electrons. The molecule has 1 amide bonds. The van der Waals surface area contributed by atoms with Gasteiger partial charge < -0.3 is 10.0 Å². The number of carboxylic acids is 1. The Morgan fingerprint density at radius 2 is 2.12 bits per heavy atom. The van der Waals surface area contributed by atoms with Gasteiger partial charge in [0, 0.05) is 13.5 Å². The van der Waals surface area contributed by atoms with Crippen LogP contribution in [0.15, 0.2) is 12.1 Å². The molecule has 0 unspecified atom stereocenters. The van der Waals surface area contributed by atoms with Gasteiger partial charge in [-0.2, -0.15) is 0 Å². The molecule has 1 N–H and O–H groups in total. The number of benzene rings is 1. The fraction of sp³-hybridized carbons (Fsp3) is 0.273. The van der Waals surface area contributed by atoms with Crippen molar-refractivity contribution in [3.05, 3.63) is 28.3 Å². The first-order chi connectivity index (χ1) is 7.50. The van der Waals surface area contributed by atoms with Crippen molar-refractivity contribution in [3.8, 4) is 0 Å². The van der Waals surface area contributed by atoms with Crippen LogP contribution in [0.5, 0.6) is 0 Å². The second kappa shape index (κ2) is 3.79. The third-order valence-corrected chi connectivity index (χ3v) is 3.00. The first-order valence-corrected chi connectivity index (χ1v) is 5.21. The molecule has 16 heavy (non-hydrogen) atoms. The van der Waals surface area contributed by atoms with E-state index in [4.69, 9.17) is 16.7 Å². The maximum absolute atomic E-state index is 11.5. The van der Waals surface area contributed by atoms with Crippen LogP contribution in [-0.4, -0.2) is 24.0 Å². The molecule has 84 valence electrons. The average molecular weight is 240 g/mol. The van der Waals surface area contributed by atoms with Crippen molar-refractivity contribution in [2.24, 2.45) is 0 Å². The molecule has 0 fully saturated rings. The number of halogens is 1. The lowest BCUT2D eigenvalue weighted by atomic mass is 9.99. The molecule has 0 spiro atoms. The van der Waals surface area contributed by atoms with Gasteiger partial charge in [0.15, 0.2) is 0 Å². The molecule has 1 aliphatic rings. The second-order valence-electron chi connectivity index (χ2n) is 3.72. The van der Waals surface area contributed by atoms with Gasteiger partial charge in [-0.1, -0.05) is 11.6 Å². The van der Waals surface area contributed by atoms with Gasteiger partial charge in [0.05, 0.1) is 16.3 Å². The Morgan fingerprint density at radius 3 is 2.75 bits per heavy atom. The van der Waals surface area contributed by atoms with E-state index in [0.29, 0.717) is 23.6 Å². The van der Waals surface area contributed by atoms with E-state index < -0.39 is 5.97 Å². The van der Waals surface area contributed by atoms with E-state index in [1.54, 1.807) is 13.1 Å². The van der Waals surface area contributed by atoms with E-state index in [9.17, 15) is 9.59 Å². The first kappa shape index (κ1) is 11.0. The fourth-order valence-corrected chi connectivity index (χ4v) is 2.25. The Labute approximate surface area is 97.4 Å². The number of carbonyl (C=O) groups is 2. The molecule has 4 nitrogen and oxygen atoms in total. The summed E-state index contributed by atoms with van der Waals surface area (Å²) in [4.78, 5) is 23.8. The number of carboxylic acid groups (broad SMARTS) is 1. The predicted octanol–water partition coefficient (Wildman–Crippen LogP) is 1.95. The van der Waals surface area contributed by atoms with Gasteiger partial charge in [-0.3, -0.25) is 4.79 Å². The molecule has 1 heterocycles. The van der Waals surface area contributed by atoms with E-state index in [1.807, 2.05) is 0 Å². The van der Waals surface area contributed by atoms with Crippen molar-refractivity contribution >= 4 is 29.2 Å². The summed E-state index contributed by atoms with van der Waals surface area (Å²) in [5.41, 5.74) is 1.60. The van der Waals surface area contributed by atoms with Crippen molar-refractivity contribution in [2.45, 2.75) is 12.8 Å². The number of hydrogen-bond acceptors (Lipinski definition) is 2. The maximum atomic E-state index is 11.5. The van der Waals surface area contributed by atoms with Crippen LogP contribution < -0.4 is 4.90 Å². The minimum Gasteiger partial charge on any atom is -0.478 e. The van der Waals surface area contributed by atoms with Gasteiger partial charge in [0.1, 0.15) is 0 Å². The zero-order valence-corrected chi connectivity index (χ0v) is 9.41. The second-order valence-corrected chi connectivity index (χ2v) is 4.13. The average Bonchev–Trinajstić information content (AvgIpc) is 2.22. The van der Waals surface area contributed by atoms with Crippen molar-refractivity contribution in [1.82, 2.24) is 0 Å². The number of aromatic carboxylic acids is 1. The van der Waals surface area contributed by atoms with Crippen molar-refractivity contribution < 1.29 is 14.7 Å². The molecular formula is C11H10ClNO3. The molecule has 2 rings (SSSR count). The third-order valence-electron chi connectivity index (χ3n) is 2.71. The third kappa shape index (κ3) is 1.65. The summed E-state index contributed by atoms with van der Waals surface area (Å²) in [5, 5.41) is 9.20. The Hall–Kier alpha value is -1.55. The number of fused-ring (bicyclic) bond motifs is 1. The Morgan fingerprint density at radius 1 is 1.44 bits per heavy atom. The highest BCUT2D eigenvalue weighted by Gasteiger charge is 2.24. The van der Waals surface area contributed by atoms with Crippen LogP contribution in [0.3, 0.4) is 0 Å². The summed E-state index contributed by atoms with van der Waals surface area (Å²) in [7, 11) is 1.65. The molecule has 0 saturated heterocycles. The van der Waals surface area contributed by atoms with E-state index in [1.165, 1.54) is 11.0 Å². The number of aryl methyl sites for hydroxylation is 1. The highest BCUT2D eigenvalue weighted by Crippen LogP contribution is 2.35. The highest BCUT2D eigenvalue weighted by atomic mass is 35.5. The molecular weight excluding hydrogens is 230 g/mol. The van der Waals surface area contributed by atoms with Gasteiger partial charge in [-0.05, 0) is 24.1 Å². The number of amides is 1. The molecule has 0 aromatic heterocycles. The lowest BCUT2D eigenvalue weighted by Crippen LogP contribution is -2.31. The SMILES string of the molecule is CN1C(=O)CCc2cc(C(=O)O)cc(Cl)c21. The van der Waals surface area contributed by atoms with Crippen molar-refractivity contribution in [3.63, 3.8) is 0 Å². The number of nitrogens with zero attached hydrogens (tertiary/aromatic N) is 1. The summed E-state index contributed by atoms with van der Waals surface area (Å²) in [6.45, 7) is 0. The van der Waals surface area contributed by atoms with Crippen LogP contribution in [-0.2, 0) is 11.2 Å². The predicted molar refractivity (Wildman–Crippen MR) is 60.1 cm³/mol. The molecule has 0 atom stereocenters. The van der Waals surface area contributed by atoms with Gasteiger partial charge >= 0.3 is 5.97 Å². The molecule has 5 heteroatoms. The van der Waals surface area contributed by atoms with Gasteiger partial charge in [0.2, 0.25) is 5.91 Å². The summed E-state index contributed by atoms with van der Waals surface area (Å²) in [6, 6.07) is 2.95. The normalized spacial score (nSPS) is 14.9. The largest absolute Gasteiger partial charge is 0.478 e. The van der Waals surface area contributed by atoms with E-state index in [0.717, 1.165) is 5.56 Å². The Balaban J connectivity index is 2.58. The van der Waals surface area contributed by atoms with E-state index in [2.05, 4.69) is 0 Å². The Bertz CT molecular complexity index is 484. The molecule has 0 saturated carbocycles. The maximum Gasteiger partial charge on any atom is 0.335 e. The van der Waals surface area contributed by atoms with Crippen molar-refractivity contribution in [1.29, 1.82) is 0 Å². The fourth-order valence-electron chi connectivity index (χ4n) is 1.88. The van der Waals surface area contributed by atoms with Crippen molar-refractivity contribution in [2.75, 3.05) is 11.9 Å². The van der Waals surface area contributed by atoms with E-state index >= 15 is 0 Å². The van der Waals surface area contributed by atoms with E-state index in [-0.39, 0.29) is 11.5 Å². The molecule has 0 aliphatic carbocycles. The highest BCUT2D eigenvalue weighted by molar-refractivity contribution is 6.34. The monoisotopic (exact) mass is 239 g/mol. The lowest BCUT2D eigenvalue weighted by molar-refractivity contribution is -0.118. The number of anilines is 1. The summed E-state index contributed by atoms with van der Waals surface area (Å²) in [6.07, 6.45) is 0.933. The first-order valence-electron chi connectivity index (χ1n) is 4.83. The number of carbonyl (C=O) groups excluding carboxylic acids is 1. The van der Waals surface area contributed by atoms with Gasteiger partial charge in [0.25, 0.3) is 0 Å². The molecule has 1 aromatic carbocycles. The van der Waals surface area contributed by atoms with Crippen LogP contribution in [0.25, 0.3) is 0 Å². The van der Waals surface area contributed by atoms with Crippen LogP contribution in [0.4, 0.5) is 5.69 Å². The number of rotatable bonds is 1. The standard InChI is InChI=1S/C11H10ClNO3/c1-13-9(14)3-2-6-4-7(11(15)16)5-8(12)10(6)13/h4-5H,2-3H2,1H3,(H,15,16).